The third-order valence-electron chi connectivity index (χ3n) is 4.08. The summed E-state index contributed by atoms with van der Waals surface area (Å²) in [6.45, 7) is 1.73. The van der Waals surface area contributed by atoms with Gasteiger partial charge in [0.2, 0.25) is 0 Å². The highest BCUT2D eigenvalue weighted by atomic mass is 35.5. The van der Waals surface area contributed by atoms with E-state index in [0.29, 0.717) is 15.9 Å². The van der Waals surface area contributed by atoms with Crippen LogP contribution >= 0.6 is 11.6 Å². The second-order valence-electron chi connectivity index (χ2n) is 5.86. The summed E-state index contributed by atoms with van der Waals surface area (Å²) in [6, 6.07) is 10.2. The SMILES string of the molecule is Cc1ccc2c(c1)c(CC=O)c(C(F)(F)F)n2C(=O)c1ccc(Cl)cc1. The first-order valence-corrected chi connectivity index (χ1v) is 8.07. The average Bonchev–Trinajstić information content (AvgIpc) is 2.89. The van der Waals surface area contributed by atoms with E-state index in [9.17, 15) is 22.8 Å². The minimum Gasteiger partial charge on any atom is -0.303 e. The fraction of sp³-hybridized carbons (Fsp3) is 0.158. The molecule has 0 aliphatic heterocycles. The zero-order valence-corrected chi connectivity index (χ0v) is 14.4. The van der Waals surface area contributed by atoms with Gasteiger partial charge in [-0.2, -0.15) is 13.2 Å². The molecule has 7 heteroatoms. The van der Waals surface area contributed by atoms with Crippen molar-refractivity contribution in [1.82, 2.24) is 4.57 Å². The third kappa shape index (κ3) is 3.12. The maximum Gasteiger partial charge on any atom is 0.432 e. The lowest BCUT2D eigenvalue weighted by Crippen LogP contribution is -2.22. The molecule has 3 rings (SSSR count). The number of carbonyl (C=O) groups excluding carboxylic acids is 2. The Bertz CT molecular complexity index is 1000. The summed E-state index contributed by atoms with van der Waals surface area (Å²) in [7, 11) is 0. The molecule has 0 saturated heterocycles. The summed E-state index contributed by atoms with van der Waals surface area (Å²) < 4.78 is 42.0. The number of hydrogen-bond donors (Lipinski definition) is 0. The number of aldehydes is 1. The van der Waals surface area contributed by atoms with E-state index in [1.54, 1.807) is 19.1 Å². The van der Waals surface area contributed by atoms with Crippen molar-refractivity contribution in [3.8, 4) is 0 Å². The molecule has 3 aromatic rings. The Hall–Kier alpha value is -2.60. The van der Waals surface area contributed by atoms with E-state index in [1.165, 1.54) is 30.3 Å². The summed E-state index contributed by atoms with van der Waals surface area (Å²) >= 11 is 5.79. The molecule has 26 heavy (non-hydrogen) atoms. The minimum atomic E-state index is -4.80. The molecular formula is C19H13ClF3NO2. The molecule has 0 N–H and O–H groups in total. The molecular weight excluding hydrogens is 367 g/mol. The molecule has 1 aromatic heterocycles. The van der Waals surface area contributed by atoms with Crippen LogP contribution in [0.3, 0.4) is 0 Å². The summed E-state index contributed by atoms with van der Waals surface area (Å²) in [6.07, 6.45) is -4.83. The monoisotopic (exact) mass is 379 g/mol. The molecule has 0 fully saturated rings. The fourth-order valence-electron chi connectivity index (χ4n) is 2.99. The number of fused-ring (bicyclic) bond motifs is 1. The zero-order chi connectivity index (χ0) is 19.1. The van der Waals surface area contributed by atoms with E-state index in [1.807, 2.05) is 0 Å². The lowest BCUT2D eigenvalue weighted by Gasteiger charge is -2.13. The largest absolute Gasteiger partial charge is 0.432 e. The maximum absolute atomic E-state index is 13.8. The predicted octanol–water partition coefficient (Wildman–Crippen LogP) is 5.05. The minimum absolute atomic E-state index is 0.0648. The smallest absolute Gasteiger partial charge is 0.303 e. The molecule has 0 atom stereocenters. The number of nitrogens with zero attached hydrogens (tertiary/aromatic N) is 1. The Kier molecular flexibility index (Phi) is 4.63. The molecule has 0 spiro atoms. The second kappa shape index (κ2) is 6.61. The standard InChI is InChI=1S/C19H13ClF3NO2/c1-11-2-7-16-15(10-11)14(8-9-25)17(19(21,22)23)24(16)18(26)12-3-5-13(20)6-4-12/h2-7,9-10H,8H2,1H3. The van der Waals surface area contributed by atoms with Crippen LogP contribution < -0.4 is 0 Å². The van der Waals surface area contributed by atoms with Crippen molar-refractivity contribution < 1.29 is 22.8 Å². The first kappa shape index (κ1) is 18.2. The van der Waals surface area contributed by atoms with Gasteiger partial charge >= 0.3 is 6.18 Å². The molecule has 0 radical (unpaired) electrons. The third-order valence-corrected chi connectivity index (χ3v) is 4.33. The van der Waals surface area contributed by atoms with Gasteiger partial charge in [0.05, 0.1) is 5.52 Å². The van der Waals surface area contributed by atoms with Gasteiger partial charge in [0.25, 0.3) is 5.91 Å². The Morgan fingerprint density at radius 3 is 2.38 bits per heavy atom. The van der Waals surface area contributed by atoms with Crippen LogP contribution in [-0.2, 0) is 17.4 Å². The first-order chi connectivity index (χ1) is 12.2. The van der Waals surface area contributed by atoms with E-state index >= 15 is 0 Å². The Labute approximate surface area is 152 Å². The number of alkyl halides is 3. The van der Waals surface area contributed by atoms with Crippen LogP contribution in [0.2, 0.25) is 5.02 Å². The van der Waals surface area contributed by atoms with Crippen LogP contribution in [0.25, 0.3) is 10.9 Å². The van der Waals surface area contributed by atoms with Crippen LogP contribution in [0.5, 0.6) is 0 Å². The number of halogens is 4. The Morgan fingerprint density at radius 1 is 1.15 bits per heavy atom. The quantitative estimate of drug-likeness (QED) is 0.597. The van der Waals surface area contributed by atoms with Gasteiger partial charge in [0.1, 0.15) is 12.0 Å². The van der Waals surface area contributed by atoms with Crippen molar-refractivity contribution in [3.05, 3.63) is 69.9 Å². The predicted molar refractivity (Wildman–Crippen MR) is 92.6 cm³/mol. The lowest BCUT2D eigenvalue weighted by molar-refractivity contribution is -0.142. The first-order valence-electron chi connectivity index (χ1n) is 7.69. The molecule has 1 heterocycles. The van der Waals surface area contributed by atoms with Crippen LogP contribution in [0.1, 0.15) is 27.2 Å². The van der Waals surface area contributed by atoms with Gasteiger partial charge in [-0.3, -0.25) is 9.36 Å². The highest BCUT2D eigenvalue weighted by Gasteiger charge is 2.40. The summed E-state index contributed by atoms with van der Waals surface area (Å²) in [4.78, 5) is 23.9. The lowest BCUT2D eigenvalue weighted by atomic mass is 10.1. The molecule has 134 valence electrons. The molecule has 0 bridgehead atoms. The second-order valence-corrected chi connectivity index (χ2v) is 6.30. The molecule has 3 nitrogen and oxygen atoms in total. The van der Waals surface area contributed by atoms with Gasteiger partial charge in [-0.15, -0.1) is 0 Å². The van der Waals surface area contributed by atoms with Crippen LogP contribution in [-0.4, -0.2) is 16.8 Å². The van der Waals surface area contributed by atoms with Gasteiger partial charge in [0.15, 0.2) is 0 Å². The molecule has 0 aliphatic rings. The zero-order valence-electron chi connectivity index (χ0n) is 13.6. The van der Waals surface area contributed by atoms with E-state index in [2.05, 4.69) is 0 Å². The normalized spacial score (nSPS) is 11.7. The van der Waals surface area contributed by atoms with Crippen molar-refractivity contribution in [2.24, 2.45) is 0 Å². The highest BCUT2D eigenvalue weighted by molar-refractivity contribution is 6.30. The maximum atomic E-state index is 13.8. The number of aryl methyl sites for hydroxylation is 1. The van der Waals surface area contributed by atoms with E-state index in [0.717, 1.165) is 5.56 Å². The van der Waals surface area contributed by atoms with Crippen LogP contribution in [0.4, 0.5) is 13.2 Å². The van der Waals surface area contributed by atoms with Crippen LogP contribution in [0, 0.1) is 6.92 Å². The van der Waals surface area contributed by atoms with Gasteiger partial charge in [0, 0.05) is 22.4 Å². The van der Waals surface area contributed by atoms with Crippen molar-refractivity contribution in [1.29, 1.82) is 0 Å². The Morgan fingerprint density at radius 2 is 1.81 bits per heavy atom. The summed E-state index contributed by atoms with van der Waals surface area (Å²) in [5.74, 6) is -0.833. The number of carbonyl (C=O) groups is 2. The molecule has 0 amide bonds. The van der Waals surface area contributed by atoms with Crippen molar-refractivity contribution in [3.63, 3.8) is 0 Å². The summed E-state index contributed by atoms with van der Waals surface area (Å²) in [5, 5.41) is 0.610. The highest BCUT2D eigenvalue weighted by Crippen LogP contribution is 2.39. The number of hydrogen-bond acceptors (Lipinski definition) is 2. The van der Waals surface area contributed by atoms with E-state index < -0.39 is 24.2 Å². The average molecular weight is 380 g/mol. The van der Waals surface area contributed by atoms with Gasteiger partial charge in [-0.05, 0) is 48.9 Å². The van der Waals surface area contributed by atoms with Gasteiger partial charge in [-0.1, -0.05) is 23.2 Å². The van der Waals surface area contributed by atoms with Gasteiger partial charge in [-0.25, -0.2) is 0 Å². The molecule has 2 aromatic carbocycles. The summed E-state index contributed by atoms with van der Waals surface area (Å²) in [5.41, 5.74) is -0.414. The van der Waals surface area contributed by atoms with Gasteiger partial charge < -0.3 is 4.79 Å². The van der Waals surface area contributed by atoms with Crippen LogP contribution in [0.15, 0.2) is 42.5 Å². The molecule has 0 saturated carbocycles. The molecule has 0 aliphatic carbocycles. The number of rotatable bonds is 3. The fourth-order valence-corrected chi connectivity index (χ4v) is 3.12. The number of benzene rings is 2. The van der Waals surface area contributed by atoms with Crippen molar-refractivity contribution in [2.75, 3.05) is 0 Å². The Balaban J connectivity index is 2.37. The topological polar surface area (TPSA) is 39.1 Å². The van der Waals surface area contributed by atoms with E-state index in [-0.39, 0.29) is 22.0 Å². The van der Waals surface area contributed by atoms with E-state index in [4.69, 9.17) is 11.6 Å². The molecule has 0 unspecified atom stereocenters. The van der Waals surface area contributed by atoms with Crippen molar-refractivity contribution >= 4 is 34.7 Å². The van der Waals surface area contributed by atoms with Crippen molar-refractivity contribution in [2.45, 2.75) is 19.5 Å². The number of aromatic nitrogens is 1.